The molecule has 0 amide bonds. The Morgan fingerprint density at radius 1 is 1.47 bits per heavy atom. The monoisotopic (exact) mass is 223 g/mol. The summed E-state index contributed by atoms with van der Waals surface area (Å²) in [6, 6.07) is 6.31. The zero-order valence-electron chi connectivity index (χ0n) is 9.17. The highest BCUT2D eigenvalue weighted by Crippen LogP contribution is 2.37. The van der Waals surface area contributed by atoms with Crippen molar-refractivity contribution in [3.05, 3.63) is 34.3 Å². The van der Waals surface area contributed by atoms with Crippen molar-refractivity contribution >= 4 is 11.6 Å². The third-order valence-electron chi connectivity index (χ3n) is 3.32. The average molecular weight is 224 g/mol. The van der Waals surface area contributed by atoms with Crippen LogP contribution in [0, 0.1) is 5.92 Å². The van der Waals surface area contributed by atoms with Crippen molar-refractivity contribution in [2.24, 2.45) is 11.7 Å². The largest absolute Gasteiger partial charge is 0.330 e. The molecule has 0 fully saturated rings. The number of halogens is 1. The molecule has 0 heterocycles. The maximum atomic E-state index is 6.02. The number of fused-ring (bicyclic) bond motifs is 1. The molecule has 2 heteroatoms. The van der Waals surface area contributed by atoms with Gasteiger partial charge in [0, 0.05) is 5.02 Å². The zero-order chi connectivity index (χ0) is 10.8. The average Bonchev–Trinajstić information content (AvgIpc) is 2.17. The Morgan fingerprint density at radius 3 is 3.00 bits per heavy atom. The Bertz CT molecular complexity index is 348. The predicted octanol–water partition coefficient (Wildman–Crippen LogP) is 3.35. The highest BCUT2D eigenvalue weighted by molar-refractivity contribution is 6.30. The van der Waals surface area contributed by atoms with Gasteiger partial charge in [-0.15, -0.1) is 0 Å². The first-order chi connectivity index (χ1) is 7.20. The first kappa shape index (κ1) is 11.0. The highest BCUT2D eigenvalue weighted by Gasteiger charge is 2.23. The van der Waals surface area contributed by atoms with E-state index in [2.05, 4.69) is 19.1 Å². The third-order valence-corrected chi connectivity index (χ3v) is 3.55. The molecule has 0 radical (unpaired) electrons. The SMILES string of the molecule is CC1Cc2cc(Cl)ccc2C(CCN)C1. The fourth-order valence-electron chi connectivity index (χ4n) is 2.70. The molecular formula is C13H18ClN. The minimum atomic E-state index is 0.644. The van der Waals surface area contributed by atoms with Gasteiger partial charge < -0.3 is 5.73 Å². The lowest BCUT2D eigenvalue weighted by Crippen LogP contribution is -2.19. The quantitative estimate of drug-likeness (QED) is 0.818. The zero-order valence-corrected chi connectivity index (χ0v) is 9.93. The summed E-state index contributed by atoms with van der Waals surface area (Å²) in [5, 5.41) is 0.856. The number of rotatable bonds is 2. The van der Waals surface area contributed by atoms with Crippen LogP contribution in [0.4, 0.5) is 0 Å². The van der Waals surface area contributed by atoms with Gasteiger partial charge >= 0.3 is 0 Å². The van der Waals surface area contributed by atoms with E-state index in [4.69, 9.17) is 17.3 Å². The summed E-state index contributed by atoms with van der Waals surface area (Å²) < 4.78 is 0. The maximum absolute atomic E-state index is 6.02. The Hall–Kier alpha value is -0.530. The summed E-state index contributed by atoms with van der Waals surface area (Å²) in [6.45, 7) is 3.09. The van der Waals surface area contributed by atoms with Gasteiger partial charge in [-0.1, -0.05) is 24.6 Å². The number of benzene rings is 1. The number of hydrogen-bond donors (Lipinski definition) is 1. The van der Waals surface area contributed by atoms with Crippen LogP contribution in [0.1, 0.15) is 36.8 Å². The molecule has 1 aliphatic rings. The molecule has 1 aromatic rings. The van der Waals surface area contributed by atoms with Gasteiger partial charge in [-0.05, 0) is 60.9 Å². The van der Waals surface area contributed by atoms with Crippen molar-refractivity contribution in [3.63, 3.8) is 0 Å². The number of hydrogen-bond acceptors (Lipinski definition) is 1. The smallest absolute Gasteiger partial charge is 0.0408 e. The first-order valence-electron chi connectivity index (χ1n) is 5.69. The fraction of sp³-hybridized carbons (Fsp3) is 0.538. The van der Waals surface area contributed by atoms with Crippen molar-refractivity contribution < 1.29 is 0 Å². The van der Waals surface area contributed by atoms with Gasteiger partial charge in [0.15, 0.2) is 0 Å². The normalized spacial score (nSPS) is 25.0. The Balaban J connectivity index is 2.33. The Morgan fingerprint density at radius 2 is 2.27 bits per heavy atom. The van der Waals surface area contributed by atoms with Crippen LogP contribution >= 0.6 is 11.6 Å². The molecule has 0 aliphatic heterocycles. The molecule has 0 aromatic heterocycles. The molecule has 1 nitrogen and oxygen atoms in total. The summed E-state index contributed by atoms with van der Waals surface area (Å²) in [6.07, 6.45) is 3.53. The van der Waals surface area contributed by atoms with E-state index in [1.54, 1.807) is 0 Å². The minimum Gasteiger partial charge on any atom is -0.330 e. The molecule has 0 saturated heterocycles. The van der Waals surface area contributed by atoms with Gasteiger partial charge in [-0.2, -0.15) is 0 Å². The van der Waals surface area contributed by atoms with E-state index in [1.165, 1.54) is 17.5 Å². The maximum Gasteiger partial charge on any atom is 0.0408 e. The third kappa shape index (κ3) is 2.35. The summed E-state index contributed by atoms with van der Waals surface area (Å²) in [7, 11) is 0. The molecule has 2 rings (SSSR count). The molecule has 15 heavy (non-hydrogen) atoms. The van der Waals surface area contributed by atoms with E-state index >= 15 is 0 Å². The van der Waals surface area contributed by atoms with Crippen molar-refractivity contribution in [1.29, 1.82) is 0 Å². The van der Waals surface area contributed by atoms with Crippen LogP contribution in [0.25, 0.3) is 0 Å². The molecule has 0 spiro atoms. The fourth-order valence-corrected chi connectivity index (χ4v) is 2.89. The van der Waals surface area contributed by atoms with Gasteiger partial charge in [0.05, 0.1) is 0 Å². The molecule has 0 saturated carbocycles. The van der Waals surface area contributed by atoms with Gasteiger partial charge in [-0.25, -0.2) is 0 Å². The van der Waals surface area contributed by atoms with Crippen LogP contribution in [-0.4, -0.2) is 6.54 Å². The summed E-state index contributed by atoms with van der Waals surface area (Å²) in [5.74, 6) is 1.40. The lowest BCUT2D eigenvalue weighted by atomic mass is 9.76. The molecule has 1 aromatic carbocycles. The van der Waals surface area contributed by atoms with E-state index in [9.17, 15) is 0 Å². The van der Waals surface area contributed by atoms with Crippen LogP contribution in [-0.2, 0) is 6.42 Å². The minimum absolute atomic E-state index is 0.644. The first-order valence-corrected chi connectivity index (χ1v) is 6.07. The lowest BCUT2D eigenvalue weighted by molar-refractivity contribution is 0.418. The summed E-state index contributed by atoms with van der Waals surface area (Å²) in [5.41, 5.74) is 8.57. The van der Waals surface area contributed by atoms with Crippen LogP contribution in [0.5, 0.6) is 0 Å². The van der Waals surface area contributed by atoms with Crippen LogP contribution in [0.2, 0.25) is 5.02 Å². The molecule has 0 bridgehead atoms. The molecule has 82 valence electrons. The Labute approximate surface area is 96.6 Å². The summed E-state index contributed by atoms with van der Waals surface area (Å²) in [4.78, 5) is 0. The predicted molar refractivity (Wildman–Crippen MR) is 65.3 cm³/mol. The highest BCUT2D eigenvalue weighted by atomic mass is 35.5. The van der Waals surface area contributed by atoms with E-state index in [0.717, 1.165) is 30.3 Å². The van der Waals surface area contributed by atoms with Crippen molar-refractivity contribution in [3.8, 4) is 0 Å². The second-order valence-corrected chi connectivity index (χ2v) is 5.10. The molecule has 2 atom stereocenters. The van der Waals surface area contributed by atoms with Gasteiger partial charge in [0.1, 0.15) is 0 Å². The van der Waals surface area contributed by atoms with Crippen LogP contribution in [0.15, 0.2) is 18.2 Å². The van der Waals surface area contributed by atoms with Gasteiger partial charge in [0.25, 0.3) is 0 Å². The second kappa shape index (κ2) is 4.54. The molecular weight excluding hydrogens is 206 g/mol. The van der Waals surface area contributed by atoms with Crippen molar-refractivity contribution in [1.82, 2.24) is 0 Å². The second-order valence-electron chi connectivity index (χ2n) is 4.66. The van der Waals surface area contributed by atoms with Gasteiger partial charge in [-0.3, -0.25) is 0 Å². The molecule has 2 N–H and O–H groups in total. The van der Waals surface area contributed by atoms with E-state index in [-0.39, 0.29) is 0 Å². The summed E-state index contributed by atoms with van der Waals surface area (Å²) >= 11 is 6.02. The molecule has 2 unspecified atom stereocenters. The van der Waals surface area contributed by atoms with E-state index in [1.807, 2.05) is 6.07 Å². The van der Waals surface area contributed by atoms with Crippen LogP contribution < -0.4 is 5.73 Å². The standard InChI is InChI=1S/C13H18ClN/c1-9-6-10(4-5-15)13-3-2-12(14)8-11(13)7-9/h2-3,8-10H,4-7,15H2,1H3. The topological polar surface area (TPSA) is 26.0 Å². The molecule has 1 aliphatic carbocycles. The van der Waals surface area contributed by atoms with Crippen molar-refractivity contribution in [2.45, 2.75) is 32.1 Å². The number of nitrogens with two attached hydrogens (primary N) is 1. The van der Waals surface area contributed by atoms with Gasteiger partial charge in [0.2, 0.25) is 0 Å². The van der Waals surface area contributed by atoms with E-state index < -0.39 is 0 Å². The van der Waals surface area contributed by atoms with Crippen LogP contribution in [0.3, 0.4) is 0 Å². The lowest BCUT2D eigenvalue weighted by Gasteiger charge is -2.29. The Kier molecular flexibility index (Phi) is 3.32. The van der Waals surface area contributed by atoms with E-state index in [0.29, 0.717) is 5.92 Å². The van der Waals surface area contributed by atoms with Crippen molar-refractivity contribution in [2.75, 3.05) is 6.54 Å².